The van der Waals surface area contributed by atoms with Crippen molar-refractivity contribution in [1.82, 2.24) is 29.5 Å². The normalized spacial score (nSPS) is 15.7. The maximum absolute atomic E-state index is 4.76. The Hall–Kier alpha value is -2.54. The summed E-state index contributed by atoms with van der Waals surface area (Å²) in [6.07, 6.45) is 7.71. The fourth-order valence-corrected chi connectivity index (χ4v) is 3.47. The Morgan fingerprint density at radius 3 is 2.77 bits per heavy atom. The molecule has 0 amide bonds. The van der Waals surface area contributed by atoms with Crippen LogP contribution in [-0.4, -0.2) is 55.6 Å². The van der Waals surface area contributed by atoms with Crippen molar-refractivity contribution < 1.29 is 0 Å². The van der Waals surface area contributed by atoms with E-state index in [-0.39, 0.29) is 0 Å². The van der Waals surface area contributed by atoms with Crippen LogP contribution < -0.4 is 4.90 Å². The number of piperazine rings is 1. The summed E-state index contributed by atoms with van der Waals surface area (Å²) in [5, 5.41) is 4.38. The molecule has 4 heterocycles. The maximum atomic E-state index is 4.76. The molecule has 0 atom stereocenters. The van der Waals surface area contributed by atoms with E-state index in [4.69, 9.17) is 4.98 Å². The van der Waals surface area contributed by atoms with E-state index in [9.17, 15) is 0 Å². The van der Waals surface area contributed by atoms with Crippen molar-refractivity contribution in [3.05, 3.63) is 47.8 Å². The Bertz CT molecular complexity index is 880. The van der Waals surface area contributed by atoms with Gasteiger partial charge in [0.15, 0.2) is 5.65 Å². The number of aromatic nitrogens is 5. The van der Waals surface area contributed by atoms with Gasteiger partial charge in [-0.25, -0.2) is 19.5 Å². The van der Waals surface area contributed by atoms with E-state index in [1.807, 2.05) is 29.2 Å². The van der Waals surface area contributed by atoms with Gasteiger partial charge in [-0.3, -0.25) is 4.90 Å². The molecule has 0 N–H and O–H groups in total. The van der Waals surface area contributed by atoms with Crippen LogP contribution in [0.2, 0.25) is 0 Å². The first kappa shape index (κ1) is 16.9. The average molecular weight is 351 g/mol. The Kier molecular flexibility index (Phi) is 4.79. The monoisotopic (exact) mass is 351 g/mol. The predicted molar refractivity (Wildman–Crippen MR) is 101 cm³/mol. The number of nitrogens with zero attached hydrogens (tertiary/aromatic N) is 7. The van der Waals surface area contributed by atoms with Crippen molar-refractivity contribution in [3.63, 3.8) is 0 Å². The first-order valence-corrected chi connectivity index (χ1v) is 9.32. The van der Waals surface area contributed by atoms with Crippen LogP contribution in [0.25, 0.3) is 5.65 Å². The minimum atomic E-state index is 0.887. The molecule has 0 radical (unpaired) electrons. The molecule has 1 fully saturated rings. The second-order valence-electron chi connectivity index (χ2n) is 6.85. The maximum Gasteiger partial charge on any atom is 0.159 e. The zero-order valence-electron chi connectivity index (χ0n) is 15.5. The summed E-state index contributed by atoms with van der Waals surface area (Å²) in [5.74, 6) is 2.03. The van der Waals surface area contributed by atoms with Gasteiger partial charge in [0.25, 0.3) is 0 Å². The Balaban J connectivity index is 1.41. The molecule has 0 bridgehead atoms. The third-order valence-electron chi connectivity index (χ3n) is 4.80. The zero-order chi connectivity index (χ0) is 17.9. The van der Waals surface area contributed by atoms with Crippen LogP contribution in [0.4, 0.5) is 5.82 Å². The third kappa shape index (κ3) is 3.53. The second-order valence-corrected chi connectivity index (χ2v) is 6.85. The van der Waals surface area contributed by atoms with E-state index >= 15 is 0 Å². The van der Waals surface area contributed by atoms with Gasteiger partial charge in [0.2, 0.25) is 0 Å². The molecule has 7 heteroatoms. The second kappa shape index (κ2) is 7.37. The Morgan fingerprint density at radius 2 is 1.96 bits per heavy atom. The molecule has 0 spiro atoms. The number of fused-ring (bicyclic) bond motifs is 1. The van der Waals surface area contributed by atoms with Crippen LogP contribution in [0.1, 0.15) is 30.4 Å². The topological polar surface area (TPSA) is 62.5 Å². The smallest absolute Gasteiger partial charge is 0.159 e. The molecule has 0 unspecified atom stereocenters. The summed E-state index contributed by atoms with van der Waals surface area (Å²) >= 11 is 0. The number of hydrogen-bond donors (Lipinski definition) is 0. The molecule has 1 saturated heterocycles. The van der Waals surface area contributed by atoms with Crippen LogP contribution in [-0.2, 0) is 13.0 Å². The predicted octanol–water partition coefficient (Wildman–Crippen LogP) is 2.10. The van der Waals surface area contributed by atoms with E-state index in [0.717, 1.165) is 68.5 Å². The number of rotatable bonds is 5. The van der Waals surface area contributed by atoms with Crippen LogP contribution in [0.5, 0.6) is 0 Å². The SMILES string of the molecule is CCCc1nc(C)cc(N2CCN(Cc3cnn4cccnc34)CC2)n1. The minimum absolute atomic E-state index is 0.887. The van der Waals surface area contributed by atoms with Crippen molar-refractivity contribution in [2.45, 2.75) is 33.2 Å². The number of anilines is 1. The van der Waals surface area contributed by atoms with Crippen LogP contribution in [0, 0.1) is 6.92 Å². The summed E-state index contributed by atoms with van der Waals surface area (Å²) in [6, 6.07) is 4.00. The van der Waals surface area contributed by atoms with Crippen LogP contribution in [0.15, 0.2) is 30.7 Å². The molecular weight excluding hydrogens is 326 g/mol. The molecule has 136 valence electrons. The first-order valence-electron chi connectivity index (χ1n) is 9.32. The average Bonchev–Trinajstić information content (AvgIpc) is 3.05. The quantitative estimate of drug-likeness (QED) is 0.701. The molecule has 7 nitrogen and oxygen atoms in total. The van der Waals surface area contributed by atoms with Gasteiger partial charge in [-0.2, -0.15) is 5.10 Å². The van der Waals surface area contributed by atoms with Gasteiger partial charge < -0.3 is 4.90 Å². The highest BCUT2D eigenvalue weighted by atomic mass is 15.3. The van der Waals surface area contributed by atoms with Gasteiger partial charge in [-0.1, -0.05) is 6.92 Å². The molecule has 0 aromatic carbocycles. The van der Waals surface area contributed by atoms with Gasteiger partial charge in [0.1, 0.15) is 11.6 Å². The number of aryl methyl sites for hydroxylation is 2. The Morgan fingerprint density at radius 1 is 1.12 bits per heavy atom. The zero-order valence-corrected chi connectivity index (χ0v) is 15.5. The molecule has 4 rings (SSSR count). The standard InChI is InChI=1S/C19H25N7/c1-3-5-17-22-15(2)12-18(23-17)25-10-8-24(9-11-25)14-16-13-21-26-7-4-6-20-19(16)26/h4,6-7,12-13H,3,5,8-11,14H2,1-2H3. The Labute approximate surface area is 153 Å². The fraction of sp³-hybridized carbons (Fsp3) is 0.474. The molecule has 1 aliphatic heterocycles. The summed E-state index contributed by atoms with van der Waals surface area (Å²) in [5.41, 5.74) is 3.19. The largest absolute Gasteiger partial charge is 0.354 e. The van der Waals surface area contributed by atoms with Crippen molar-refractivity contribution in [3.8, 4) is 0 Å². The lowest BCUT2D eigenvalue weighted by Gasteiger charge is -2.35. The van der Waals surface area contributed by atoms with E-state index in [0.29, 0.717) is 0 Å². The molecule has 0 aliphatic carbocycles. The summed E-state index contributed by atoms with van der Waals surface area (Å²) in [4.78, 5) is 18.6. The van der Waals surface area contributed by atoms with Gasteiger partial charge in [0.05, 0.1) is 6.20 Å². The molecule has 3 aromatic rings. The van der Waals surface area contributed by atoms with Crippen molar-refractivity contribution in [2.75, 3.05) is 31.1 Å². The molecule has 0 saturated carbocycles. The summed E-state index contributed by atoms with van der Waals surface area (Å²) in [6.45, 7) is 9.09. The van der Waals surface area contributed by atoms with Gasteiger partial charge in [-0.15, -0.1) is 0 Å². The third-order valence-corrected chi connectivity index (χ3v) is 4.80. The van der Waals surface area contributed by atoms with Crippen LogP contribution in [0.3, 0.4) is 0 Å². The van der Waals surface area contributed by atoms with Crippen molar-refractivity contribution in [1.29, 1.82) is 0 Å². The van der Waals surface area contributed by atoms with E-state index in [2.05, 4.69) is 44.8 Å². The van der Waals surface area contributed by atoms with Crippen molar-refractivity contribution >= 4 is 11.5 Å². The molecule has 3 aromatic heterocycles. The highest BCUT2D eigenvalue weighted by molar-refractivity contribution is 5.45. The van der Waals surface area contributed by atoms with Gasteiger partial charge in [-0.05, 0) is 19.4 Å². The van der Waals surface area contributed by atoms with Crippen molar-refractivity contribution in [2.24, 2.45) is 0 Å². The minimum Gasteiger partial charge on any atom is -0.354 e. The van der Waals surface area contributed by atoms with E-state index < -0.39 is 0 Å². The van der Waals surface area contributed by atoms with Gasteiger partial charge >= 0.3 is 0 Å². The van der Waals surface area contributed by atoms with E-state index in [1.165, 1.54) is 5.56 Å². The molecular formula is C19H25N7. The summed E-state index contributed by atoms with van der Waals surface area (Å²) < 4.78 is 1.84. The highest BCUT2D eigenvalue weighted by Gasteiger charge is 2.20. The molecule has 1 aliphatic rings. The summed E-state index contributed by atoms with van der Waals surface area (Å²) in [7, 11) is 0. The highest BCUT2D eigenvalue weighted by Crippen LogP contribution is 2.18. The number of hydrogen-bond acceptors (Lipinski definition) is 6. The lowest BCUT2D eigenvalue weighted by atomic mass is 10.2. The first-order chi connectivity index (χ1) is 12.7. The molecule has 26 heavy (non-hydrogen) atoms. The lowest BCUT2D eigenvalue weighted by molar-refractivity contribution is 0.250. The fourth-order valence-electron chi connectivity index (χ4n) is 3.47. The van der Waals surface area contributed by atoms with Crippen LogP contribution >= 0.6 is 0 Å². The lowest BCUT2D eigenvalue weighted by Crippen LogP contribution is -2.46. The van der Waals surface area contributed by atoms with E-state index in [1.54, 1.807) is 0 Å². The van der Waals surface area contributed by atoms with Gasteiger partial charge in [0, 0.05) is 68.9 Å².